The maximum atomic E-state index is 12.2. The Bertz CT molecular complexity index is 808. The lowest BCUT2D eigenvalue weighted by molar-refractivity contribution is 0.0998. The fourth-order valence-corrected chi connectivity index (χ4v) is 2.05. The van der Waals surface area contributed by atoms with Crippen LogP contribution in [0, 0.1) is 0 Å². The van der Waals surface area contributed by atoms with E-state index in [9.17, 15) is 4.79 Å². The first kappa shape index (κ1) is 13.1. The van der Waals surface area contributed by atoms with Gasteiger partial charge in [-0.25, -0.2) is 0 Å². The molecule has 5 nitrogen and oxygen atoms in total. The summed E-state index contributed by atoms with van der Waals surface area (Å²) in [6.45, 7) is 0. The molecule has 21 heavy (non-hydrogen) atoms. The molecule has 0 saturated carbocycles. The number of furan rings is 1. The van der Waals surface area contributed by atoms with E-state index in [1.54, 1.807) is 43.5 Å². The Hall–Kier alpha value is -2.95. The lowest BCUT2D eigenvalue weighted by Gasteiger charge is -2.05. The van der Waals surface area contributed by atoms with Gasteiger partial charge in [-0.15, -0.1) is 0 Å². The molecular weight excluding hydrogens is 268 g/mol. The van der Waals surface area contributed by atoms with Crippen LogP contribution >= 0.6 is 0 Å². The molecule has 2 aromatic carbocycles. The van der Waals surface area contributed by atoms with Crippen molar-refractivity contribution in [3.05, 3.63) is 54.3 Å². The van der Waals surface area contributed by atoms with Gasteiger partial charge in [0.2, 0.25) is 0 Å². The minimum absolute atomic E-state index is 0.224. The van der Waals surface area contributed by atoms with Crippen LogP contribution in [0.3, 0.4) is 0 Å². The van der Waals surface area contributed by atoms with Crippen molar-refractivity contribution in [2.24, 2.45) is 0 Å². The highest BCUT2D eigenvalue weighted by molar-refractivity contribution is 6.06. The molecule has 1 aromatic heterocycles. The number of rotatable bonds is 3. The van der Waals surface area contributed by atoms with Crippen LogP contribution in [-0.2, 0) is 0 Å². The maximum Gasteiger partial charge on any atom is 0.291 e. The number of hydrogen-bond acceptors (Lipinski definition) is 4. The highest BCUT2D eigenvalue weighted by Gasteiger charge is 2.13. The van der Waals surface area contributed by atoms with Crippen LogP contribution in [0.25, 0.3) is 11.0 Å². The number of nitrogens with two attached hydrogens (primary N) is 1. The highest BCUT2D eigenvalue weighted by Crippen LogP contribution is 2.25. The molecule has 0 bridgehead atoms. The second-order valence-electron chi connectivity index (χ2n) is 4.56. The van der Waals surface area contributed by atoms with Gasteiger partial charge < -0.3 is 20.2 Å². The number of nitrogens with one attached hydrogen (secondary N) is 1. The molecule has 0 aliphatic heterocycles. The summed E-state index contributed by atoms with van der Waals surface area (Å²) in [6.07, 6.45) is 0. The van der Waals surface area contributed by atoms with Crippen LogP contribution in [0.15, 0.2) is 52.9 Å². The molecule has 5 heteroatoms. The smallest absolute Gasteiger partial charge is 0.291 e. The Labute approximate surface area is 121 Å². The minimum Gasteiger partial charge on any atom is -0.497 e. The molecule has 3 rings (SSSR count). The Kier molecular flexibility index (Phi) is 3.23. The summed E-state index contributed by atoms with van der Waals surface area (Å²) in [7, 11) is 1.58. The van der Waals surface area contributed by atoms with Crippen LogP contribution in [0.1, 0.15) is 10.6 Å². The van der Waals surface area contributed by atoms with E-state index in [2.05, 4.69) is 5.32 Å². The Morgan fingerprint density at radius 3 is 2.76 bits per heavy atom. The number of para-hydroxylation sites is 2. The van der Waals surface area contributed by atoms with Gasteiger partial charge in [-0.05, 0) is 30.3 Å². The van der Waals surface area contributed by atoms with Crippen molar-refractivity contribution in [1.29, 1.82) is 0 Å². The van der Waals surface area contributed by atoms with Crippen molar-refractivity contribution in [3.8, 4) is 5.75 Å². The van der Waals surface area contributed by atoms with Crippen LogP contribution in [-0.4, -0.2) is 13.0 Å². The summed E-state index contributed by atoms with van der Waals surface area (Å²) in [5.74, 6) is 0.556. The SMILES string of the molecule is COc1ccc2cc(C(=O)Nc3ccccc3N)oc2c1. The van der Waals surface area contributed by atoms with Crippen molar-refractivity contribution in [2.75, 3.05) is 18.2 Å². The molecule has 106 valence electrons. The third kappa shape index (κ3) is 2.53. The molecule has 0 fully saturated rings. The van der Waals surface area contributed by atoms with E-state index < -0.39 is 0 Å². The average Bonchev–Trinajstić information content (AvgIpc) is 2.92. The molecule has 3 N–H and O–H groups in total. The van der Waals surface area contributed by atoms with Gasteiger partial charge in [-0.3, -0.25) is 4.79 Å². The van der Waals surface area contributed by atoms with Gasteiger partial charge in [0.05, 0.1) is 18.5 Å². The summed E-state index contributed by atoms with van der Waals surface area (Å²) in [5.41, 5.74) is 7.46. The quantitative estimate of drug-likeness (QED) is 0.723. The van der Waals surface area contributed by atoms with Crippen molar-refractivity contribution >= 4 is 28.3 Å². The zero-order valence-electron chi connectivity index (χ0n) is 11.4. The van der Waals surface area contributed by atoms with E-state index in [4.69, 9.17) is 14.9 Å². The topological polar surface area (TPSA) is 77.5 Å². The maximum absolute atomic E-state index is 12.2. The fourth-order valence-electron chi connectivity index (χ4n) is 2.05. The number of nitrogen functional groups attached to an aromatic ring is 1. The molecule has 1 heterocycles. The summed E-state index contributed by atoms with van der Waals surface area (Å²) >= 11 is 0. The predicted molar refractivity (Wildman–Crippen MR) is 81.6 cm³/mol. The average molecular weight is 282 g/mol. The summed E-state index contributed by atoms with van der Waals surface area (Å²) in [6, 6.07) is 14.1. The van der Waals surface area contributed by atoms with E-state index in [1.807, 2.05) is 12.1 Å². The van der Waals surface area contributed by atoms with E-state index in [-0.39, 0.29) is 11.7 Å². The normalized spacial score (nSPS) is 10.5. The zero-order valence-corrected chi connectivity index (χ0v) is 11.4. The molecule has 0 aliphatic carbocycles. The third-order valence-corrected chi connectivity index (χ3v) is 3.16. The number of anilines is 2. The number of carbonyl (C=O) groups is 1. The summed E-state index contributed by atoms with van der Waals surface area (Å²) in [5, 5.41) is 3.56. The van der Waals surface area contributed by atoms with Crippen LogP contribution in [0.2, 0.25) is 0 Å². The van der Waals surface area contributed by atoms with Crippen molar-refractivity contribution in [2.45, 2.75) is 0 Å². The Balaban J connectivity index is 1.89. The number of methoxy groups -OCH3 is 1. The molecule has 0 radical (unpaired) electrons. The van der Waals surface area contributed by atoms with Gasteiger partial charge in [0.25, 0.3) is 5.91 Å². The minimum atomic E-state index is -0.344. The number of hydrogen-bond donors (Lipinski definition) is 2. The first-order chi connectivity index (χ1) is 10.2. The van der Waals surface area contributed by atoms with Crippen molar-refractivity contribution < 1.29 is 13.9 Å². The second kappa shape index (κ2) is 5.20. The fraction of sp³-hybridized carbons (Fsp3) is 0.0625. The third-order valence-electron chi connectivity index (χ3n) is 3.16. The van der Waals surface area contributed by atoms with E-state index in [1.165, 1.54) is 0 Å². The van der Waals surface area contributed by atoms with Crippen molar-refractivity contribution in [3.63, 3.8) is 0 Å². The lowest BCUT2D eigenvalue weighted by atomic mass is 10.2. The molecule has 0 atom stereocenters. The van der Waals surface area contributed by atoms with E-state index in [0.717, 1.165) is 5.39 Å². The first-order valence-corrected chi connectivity index (χ1v) is 6.41. The van der Waals surface area contributed by atoms with Crippen LogP contribution in [0.5, 0.6) is 5.75 Å². The Morgan fingerprint density at radius 1 is 1.19 bits per heavy atom. The lowest BCUT2D eigenvalue weighted by Crippen LogP contribution is -2.12. The standard InChI is InChI=1S/C16H14N2O3/c1-20-11-7-6-10-8-15(21-14(10)9-11)16(19)18-13-5-3-2-4-12(13)17/h2-9H,17H2,1H3,(H,18,19). The Morgan fingerprint density at radius 2 is 2.00 bits per heavy atom. The number of fused-ring (bicyclic) bond motifs is 1. The monoisotopic (exact) mass is 282 g/mol. The van der Waals surface area contributed by atoms with Gasteiger partial charge in [0, 0.05) is 11.5 Å². The molecule has 3 aromatic rings. The summed E-state index contributed by atoms with van der Waals surface area (Å²) in [4.78, 5) is 12.2. The first-order valence-electron chi connectivity index (χ1n) is 6.41. The summed E-state index contributed by atoms with van der Waals surface area (Å²) < 4.78 is 10.7. The van der Waals surface area contributed by atoms with Gasteiger partial charge in [0.1, 0.15) is 11.3 Å². The largest absolute Gasteiger partial charge is 0.497 e. The molecule has 0 unspecified atom stereocenters. The van der Waals surface area contributed by atoms with Crippen LogP contribution in [0.4, 0.5) is 11.4 Å². The predicted octanol–water partition coefficient (Wildman–Crippen LogP) is 3.28. The molecule has 0 aliphatic rings. The van der Waals surface area contributed by atoms with Crippen LogP contribution < -0.4 is 15.8 Å². The number of amides is 1. The second-order valence-corrected chi connectivity index (χ2v) is 4.56. The van der Waals surface area contributed by atoms with Gasteiger partial charge >= 0.3 is 0 Å². The molecule has 1 amide bonds. The van der Waals surface area contributed by atoms with Gasteiger partial charge in [-0.2, -0.15) is 0 Å². The number of ether oxygens (including phenoxy) is 1. The van der Waals surface area contributed by atoms with E-state index in [0.29, 0.717) is 22.7 Å². The zero-order chi connectivity index (χ0) is 14.8. The number of benzene rings is 2. The highest BCUT2D eigenvalue weighted by atomic mass is 16.5. The van der Waals surface area contributed by atoms with Crippen molar-refractivity contribution in [1.82, 2.24) is 0 Å². The van der Waals surface area contributed by atoms with E-state index >= 15 is 0 Å². The molecular formula is C16H14N2O3. The number of carbonyl (C=O) groups excluding carboxylic acids is 1. The van der Waals surface area contributed by atoms with Gasteiger partial charge in [0.15, 0.2) is 5.76 Å². The van der Waals surface area contributed by atoms with Gasteiger partial charge in [-0.1, -0.05) is 12.1 Å². The molecule has 0 saturated heterocycles. The molecule has 0 spiro atoms.